The third kappa shape index (κ3) is 6.42. The number of nitrogens with zero attached hydrogens (tertiary/aromatic N) is 1. The Kier molecular flexibility index (Phi) is 6.54. The van der Waals surface area contributed by atoms with Crippen molar-refractivity contribution in [1.29, 1.82) is 0 Å². The number of carbonyl (C=O) groups is 2. The van der Waals surface area contributed by atoms with Gasteiger partial charge in [0, 0.05) is 30.9 Å². The highest BCUT2D eigenvalue weighted by molar-refractivity contribution is 5.95. The molecule has 0 saturated carbocycles. The number of rotatable bonds is 7. The lowest BCUT2D eigenvalue weighted by Crippen LogP contribution is -2.34. The number of pyridine rings is 1. The Hall–Kier alpha value is -3.10. The largest absolute Gasteiger partial charge is 0.468 e. The number of nitrogens with one attached hydrogen (secondary N) is 2. The summed E-state index contributed by atoms with van der Waals surface area (Å²) in [6.45, 7) is -1.05. The molecule has 1 aromatic heterocycles. The standard InChI is InChI=1S/C17H16F3N3O3/c18-17(19,20)11-26-14-7-6-13(10-23-14)16(25)22-9-8-21-15(24)12-4-2-1-3-5-12/h1-7,10H,8-9,11H2,(H,21,24)(H,22,25). The lowest BCUT2D eigenvalue weighted by Gasteiger charge is -2.09. The Labute approximate surface area is 147 Å². The predicted octanol–water partition coefficient (Wildman–Crippen LogP) is 2.18. The quantitative estimate of drug-likeness (QED) is 0.735. The van der Waals surface area contributed by atoms with Crippen molar-refractivity contribution >= 4 is 11.8 Å². The molecule has 1 heterocycles. The highest BCUT2D eigenvalue weighted by atomic mass is 19.4. The number of ether oxygens (including phenoxy) is 1. The molecule has 6 nitrogen and oxygen atoms in total. The molecule has 0 saturated heterocycles. The monoisotopic (exact) mass is 367 g/mol. The van der Waals surface area contributed by atoms with Crippen molar-refractivity contribution in [2.75, 3.05) is 19.7 Å². The van der Waals surface area contributed by atoms with Crippen LogP contribution in [0.15, 0.2) is 48.7 Å². The van der Waals surface area contributed by atoms with E-state index in [0.29, 0.717) is 5.56 Å². The summed E-state index contributed by atoms with van der Waals surface area (Å²) in [5.41, 5.74) is 0.677. The Bertz CT molecular complexity index is 734. The molecule has 0 aliphatic rings. The van der Waals surface area contributed by atoms with Crippen molar-refractivity contribution in [3.05, 3.63) is 59.8 Å². The van der Waals surface area contributed by atoms with Gasteiger partial charge in [-0.15, -0.1) is 0 Å². The second-order valence-electron chi connectivity index (χ2n) is 5.17. The highest BCUT2D eigenvalue weighted by Crippen LogP contribution is 2.16. The van der Waals surface area contributed by atoms with E-state index < -0.39 is 18.7 Å². The summed E-state index contributed by atoms with van der Waals surface area (Å²) in [5.74, 6) is -0.949. The molecule has 9 heteroatoms. The van der Waals surface area contributed by atoms with Gasteiger partial charge in [-0.3, -0.25) is 9.59 Å². The van der Waals surface area contributed by atoms with Crippen LogP contribution in [0.3, 0.4) is 0 Å². The number of hydrogen-bond donors (Lipinski definition) is 2. The number of alkyl halides is 3. The van der Waals surface area contributed by atoms with Crippen LogP contribution in [0, 0.1) is 0 Å². The SMILES string of the molecule is O=C(NCCNC(=O)c1ccc(OCC(F)(F)F)nc1)c1ccccc1. The van der Waals surface area contributed by atoms with Crippen molar-refractivity contribution in [3.8, 4) is 5.88 Å². The summed E-state index contributed by atoms with van der Waals surface area (Å²) in [6, 6.07) is 11.1. The highest BCUT2D eigenvalue weighted by Gasteiger charge is 2.28. The Morgan fingerprint density at radius 3 is 2.08 bits per heavy atom. The first-order chi connectivity index (χ1) is 12.3. The van der Waals surface area contributed by atoms with Gasteiger partial charge in [-0.25, -0.2) is 4.98 Å². The molecule has 0 aliphatic carbocycles. The summed E-state index contributed by atoms with van der Waals surface area (Å²) in [7, 11) is 0. The first kappa shape index (κ1) is 19.2. The minimum atomic E-state index is -4.46. The molecule has 0 fully saturated rings. The van der Waals surface area contributed by atoms with Crippen molar-refractivity contribution in [2.45, 2.75) is 6.18 Å². The van der Waals surface area contributed by atoms with Crippen LogP contribution >= 0.6 is 0 Å². The molecule has 26 heavy (non-hydrogen) atoms. The number of hydrogen-bond acceptors (Lipinski definition) is 4. The fourth-order valence-corrected chi connectivity index (χ4v) is 1.90. The van der Waals surface area contributed by atoms with Crippen LogP contribution < -0.4 is 15.4 Å². The van der Waals surface area contributed by atoms with Crippen LogP contribution in [0.25, 0.3) is 0 Å². The van der Waals surface area contributed by atoms with Gasteiger partial charge in [0.15, 0.2) is 6.61 Å². The van der Waals surface area contributed by atoms with Gasteiger partial charge in [-0.05, 0) is 18.2 Å². The first-order valence-corrected chi connectivity index (χ1v) is 7.62. The van der Waals surface area contributed by atoms with Gasteiger partial charge in [-0.1, -0.05) is 18.2 Å². The lowest BCUT2D eigenvalue weighted by atomic mass is 10.2. The molecular weight excluding hydrogens is 351 g/mol. The smallest absolute Gasteiger partial charge is 0.422 e. The van der Waals surface area contributed by atoms with E-state index in [1.807, 2.05) is 0 Å². The third-order valence-electron chi connectivity index (χ3n) is 3.11. The molecule has 138 valence electrons. The van der Waals surface area contributed by atoms with Gasteiger partial charge in [0.2, 0.25) is 5.88 Å². The zero-order valence-electron chi connectivity index (χ0n) is 13.5. The number of benzene rings is 1. The number of carbonyl (C=O) groups excluding carboxylic acids is 2. The first-order valence-electron chi connectivity index (χ1n) is 7.62. The lowest BCUT2D eigenvalue weighted by molar-refractivity contribution is -0.154. The zero-order chi connectivity index (χ0) is 19.0. The maximum atomic E-state index is 12.0. The minimum Gasteiger partial charge on any atom is -0.468 e. The van der Waals surface area contributed by atoms with E-state index in [1.165, 1.54) is 12.1 Å². The van der Waals surface area contributed by atoms with E-state index in [9.17, 15) is 22.8 Å². The van der Waals surface area contributed by atoms with Gasteiger partial charge in [-0.2, -0.15) is 13.2 Å². The van der Waals surface area contributed by atoms with Crippen molar-refractivity contribution < 1.29 is 27.5 Å². The fraction of sp³-hybridized carbons (Fsp3) is 0.235. The van der Waals surface area contributed by atoms with Crippen LogP contribution in [-0.4, -0.2) is 42.7 Å². The third-order valence-corrected chi connectivity index (χ3v) is 3.11. The molecule has 2 amide bonds. The molecule has 2 N–H and O–H groups in total. The predicted molar refractivity (Wildman–Crippen MR) is 86.9 cm³/mol. The van der Waals surface area contributed by atoms with E-state index in [0.717, 1.165) is 6.20 Å². The molecular formula is C17H16F3N3O3. The molecule has 0 unspecified atom stereocenters. The number of amides is 2. The summed E-state index contributed by atoms with van der Waals surface area (Å²) in [4.78, 5) is 27.4. The number of aromatic nitrogens is 1. The van der Waals surface area contributed by atoms with Gasteiger partial charge >= 0.3 is 6.18 Å². The van der Waals surface area contributed by atoms with Crippen LogP contribution in [0.2, 0.25) is 0 Å². The van der Waals surface area contributed by atoms with E-state index in [2.05, 4.69) is 20.4 Å². The summed E-state index contributed by atoms with van der Waals surface area (Å²) >= 11 is 0. The Morgan fingerprint density at radius 2 is 1.54 bits per heavy atom. The van der Waals surface area contributed by atoms with Crippen LogP contribution in [0.4, 0.5) is 13.2 Å². The van der Waals surface area contributed by atoms with E-state index >= 15 is 0 Å². The van der Waals surface area contributed by atoms with Crippen molar-refractivity contribution in [3.63, 3.8) is 0 Å². The van der Waals surface area contributed by atoms with Gasteiger partial charge < -0.3 is 15.4 Å². The maximum Gasteiger partial charge on any atom is 0.422 e. The molecule has 0 bridgehead atoms. The summed E-state index contributed by atoms with van der Waals surface area (Å²) < 4.78 is 40.6. The molecule has 2 aromatic rings. The molecule has 0 atom stereocenters. The zero-order valence-corrected chi connectivity index (χ0v) is 13.5. The average molecular weight is 367 g/mol. The van der Waals surface area contributed by atoms with E-state index in [1.54, 1.807) is 30.3 Å². The van der Waals surface area contributed by atoms with Crippen molar-refractivity contribution in [2.24, 2.45) is 0 Å². The molecule has 1 aromatic carbocycles. The van der Waals surface area contributed by atoms with Crippen molar-refractivity contribution in [1.82, 2.24) is 15.6 Å². The summed E-state index contributed by atoms with van der Waals surface area (Å²) in [5, 5.41) is 5.22. The fourth-order valence-electron chi connectivity index (χ4n) is 1.90. The second kappa shape index (κ2) is 8.84. The Balaban J connectivity index is 1.73. The number of halogens is 3. The normalized spacial score (nSPS) is 10.9. The van der Waals surface area contributed by atoms with Gasteiger partial charge in [0.1, 0.15) is 0 Å². The van der Waals surface area contributed by atoms with E-state index in [4.69, 9.17) is 0 Å². The molecule has 0 aliphatic heterocycles. The van der Waals surface area contributed by atoms with Crippen LogP contribution in [-0.2, 0) is 0 Å². The van der Waals surface area contributed by atoms with Crippen LogP contribution in [0.1, 0.15) is 20.7 Å². The van der Waals surface area contributed by atoms with E-state index in [-0.39, 0.29) is 30.4 Å². The van der Waals surface area contributed by atoms with Crippen LogP contribution in [0.5, 0.6) is 5.88 Å². The molecule has 0 radical (unpaired) electrons. The maximum absolute atomic E-state index is 12.0. The van der Waals surface area contributed by atoms with Gasteiger partial charge in [0.05, 0.1) is 5.56 Å². The Morgan fingerprint density at radius 1 is 0.923 bits per heavy atom. The van der Waals surface area contributed by atoms with Gasteiger partial charge in [0.25, 0.3) is 11.8 Å². The average Bonchev–Trinajstić information content (AvgIpc) is 2.63. The molecule has 2 rings (SSSR count). The topological polar surface area (TPSA) is 80.3 Å². The second-order valence-corrected chi connectivity index (χ2v) is 5.17. The summed E-state index contributed by atoms with van der Waals surface area (Å²) in [6.07, 6.45) is -3.34. The minimum absolute atomic E-state index is 0.166. The molecule has 0 spiro atoms.